The van der Waals surface area contributed by atoms with Crippen molar-refractivity contribution in [3.05, 3.63) is 86.5 Å². The Morgan fingerprint density at radius 3 is 2.14 bits per heavy atom. The van der Waals surface area contributed by atoms with Crippen molar-refractivity contribution in [2.75, 3.05) is 0 Å². The predicted octanol–water partition coefficient (Wildman–Crippen LogP) is 0.932. The van der Waals surface area contributed by atoms with E-state index < -0.39 is 0 Å². The molecule has 0 spiro atoms. The van der Waals surface area contributed by atoms with Crippen molar-refractivity contribution < 1.29 is 22.0 Å². The van der Waals surface area contributed by atoms with Crippen molar-refractivity contribution >= 4 is 28.3 Å². The van der Waals surface area contributed by atoms with Crippen molar-refractivity contribution in [2.45, 2.75) is 0 Å². The summed E-state index contributed by atoms with van der Waals surface area (Å²) >= 11 is 2.12. The number of aromatic nitrogens is 4. The molecule has 3 aromatic carbocycles. The molecule has 0 aliphatic rings. The van der Waals surface area contributed by atoms with E-state index in [1.807, 2.05) is 66.7 Å². The zero-order valence-electron chi connectivity index (χ0n) is 14.3. The number of nitro groups is 1. The molecule has 1 heterocycles. The van der Waals surface area contributed by atoms with Gasteiger partial charge in [0.2, 0.25) is 5.69 Å². The first-order valence-corrected chi connectivity index (χ1v) is 9.16. The van der Waals surface area contributed by atoms with Gasteiger partial charge in [-0.3, -0.25) is 10.1 Å². The van der Waals surface area contributed by atoms with Crippen LogP contribution in [0.15, 0.2) is 72.8 Å². The normalized spacial score (nSPS) is 10.3. The molecular formula is C19H13ClIN5O2. The summed E-state index contributed by atoms with van der Waals surface area (Å²) in [7, 11) is 0. The number of benzene rings is 3. The first-order valence-electron chi connectivity index (χ1n) is 8.08. The monoisotopic (exact) mass is 505 g/mol. The zero-order valence-corrected chi connectivity index (χ0v) is 17.2. The number of nitro benzene ring substituents is 1. The van der Waals surface area contributed by atoms with Crippen LogP contribution in [0, 0.1) is 13.7 Å². The number of halogens is 2. The minimum atomic E-state index is -0.359. The molecule has 0 saturated carbocycles. The summed E-state index contributed by atoms with van der Waals surface area (Å²) < 4.78 is 2.33. The lowest BCUT2D eigenvalue weighted by atomic mass is 10.0. The Balaban J connectivity index is 0.00000225. The van der Waals surface area contributed by atoms with Crippen LogP contribution >= 0.6 is 22.6 Å². The van der Waals surface area contributed by atoms with Gasteiger partial charge in [-0.25, -0.2) is 0 Å². The van der Waals surface area contributed by atoms with E-state index in [0.717, 1.165) is 14.7 Å². The summed E-state index contributed by atoms with van der Waals surface area (Å²) in [4.78, 5) is 11.7. The van der Waals surface area contributed by atoms with E-state index in [1.165, 1.54) is 4.68 Å². The molecule has 0 bridgehead atoms. The fraction of sp³-hybridized carbons (Fsp3) is 0. The van der Waals surface area contributed by atoms with Crippen molar-refractivity contribution in [1.82, 2.24) is 15.5 Å². The number of rotatable bonds is 4. The summed E-state index contributed by atoms with van der Waals surface area (Å²) in [5.41, 5.74) is 2.54. The highest BCUT2D eigenvalue weighted by Crippen LogP contribution is 2.37. The Morgan fingerprint density at radius 2 is 1.54 bits per heavy atom. The number of hydrogen-bond acceptors (Lipinski definition) is 4. The first-order chi connectivity index (χ1) is 13.2. The van der Waals surface area contributed by atoms with Gasteiger partial charge < -0.3 is 12.4 Å². The number of tetrazole rings is 1. The second-order valence-corrected chi connectivity index (χ2v) is 6.90. The Kier molecular flexibility index (Phi) is 6.00. The van der Waals surface area contributed by atoms with Gasteiger partial charge in [-0.1, -0.05) is 53.7 Å². The maximum Gasteiger partial charge on any atom is 0.337 e. The summed E-state index contributed by atoms with van der Waals surface area (Å²) in [6.07, 6.45) is 0. The van der Waals surface area contributed by atoms with E-state index in [-0.39, 0.29) is 23.0 Å². The molecule has 28 heavy (non-hydrogen) atoms. The number of nitrogens with zero attached hydrogens (tertiary/aromatic N) is 4. The molecule has 0 fully saturated rings. The van der Waals surface area contributed by atoms with Gasteiger partial charge in [-0.05, 0) is 52.4 Å². The van der Waals surface area contributed by atoms with Gasteiger partial charge in [0.1, 0.15) is 5.10 Å². The van der Waals surface area contributed by atoms with E-state index in [9.17, 15) is 10.1 Å². The van der Waals surface area contributed by atoms with Gasteiger partial charge >= 0.3 is 11.5 Å². The third-order valence-electron chi connectivity index (χ3n) is 4.12. The maximum absolute atomic E-state index is 12.0. The van der Waals surface area contributed by atoms with Crippen molar-refractivity contribution in [2.24, 2.45) is 0 Å². The Morgan fingerprint density at radius 1 is 0.929 bits per heavy atom. The molecule has 4 rings (SSSR count). The molecule has 7 nitrogen and oxygen atoms in total. The minimum absolute atomic E-state index is 0. The molecule has 9 heteroatoms. The largest absolute Gasteiger partial charge is 1.00 e. The van der Waals surface area contributed by atoms with Crippen molar-refractivity contribution in [3.63, 3.8) is 0 Å². The molecule has 0 amide bonds. The summed E-state index contributed by atoms with van der Waals surface area (Å²) in [5.74, 6) is 0.499. The lowest BCUT2D eigenvalue weighted by Gasteiger charge is -2.09. The third kappa shape index (κ3) is 3.60. The number of aromatic amines is 1. The van der Waals surface area contributed by atoms with Crippen molar-refractivity contribution in [1.29, 1.82) is 0 Å². The third-order valence-corrected chi connectivity index (χ3v) is 5.02. The van der Waals surface area contributed by atoms with E-state index in [1.54, 1.807) is 6.07 Å². The minimum Gasteiger partial charge on any atom is -1.00 e. The maximum atomic E-state index is 12.0. The smallest absolute Gasteiger partial charge is 0.337 e. The topological polar surface area (TPSA) is 88.6 Å². The molecular weight excluding hydrogens is 493 g/mol. The quantitative estimate of drug-likeness (QED) is 0.193. The van der Waals surface area contributed by atoms with Gasteiger partial charge in [0.05, 0.1) is 16.1 Å². The first kappa shape index (κ1) is 19.9. The van der Waals surface area contributed by atoms with Crippen molar-refractivity contribution in [3.8, 4) is 28.2 Å². The second kappa shape index (κ2) is 8.44. The van der Waals surface area contributed by atoms with E-state index in [0.29, 0.717) is 17.1 Å². The average molecular weight is 506 g/mol. The van der Waals surface area contributed by atoms with Gasteiger partial charge in [-0.15, -0.1) is 4.68 Å². The molecule has 140 valence electrons. The van der Waals surface area contributed by atoms with Gasteiger partial charge in [0.25, 0.3) is 0 Å². The predicted molar refractivity (Wildman–Crippen MR) is 108 cm³/mol. The molecule has 0 atom stereocenters. The molecule has 0 radical (unpaired) electrons. The molecule has 0 saturated heterocycles. The highest BCUT2D eigenvalue weighted by atomic mass is 127. The summed E-state index contributed by atoms with van der Waals surface area (Å²) in [6.45, 7) is 0. The Labute approximate surface area is 180 Å². The molecule has 0 unspecified atom stereocenters. The second-order valence-electron chi connectivity index (χ2n) is 5.74. The van der Waals surface area contributed by atoms with E-state index >= 15 is 0 Å². The van der Waals surface area contributed by atoms with Crippen LogP contribution < -0.4 is 17.1 Å². The van der Waals surface area contributed by atoms with Crippen LogP contribution in [-0.4, -0.2) is 20.4 Å². The summed E-state index contributed by atoms with van der Waals surface area (Å²) in [5, 5.41) is 22.8. The fourth-order valence-electron chi connectivity index (χ4n) is 2.95. The summed E-state index contributed by atoms with van der Waals surface area (Å²) in [6, 6.07) is 22.3. The average Bonchev–Trinajstić information content (AvgIpc) is 3.18. The van der Waals surface area contributed by atoms with Gasteiger partial charge in [-0.2, -0.15) is 0 Å². The molecule has 1 aromatic heterocycles. The van der Waals surface area contributed by atoms with E-state index in [2.05, 4.69) is 38.1 Å². The van der Waals surface area contributed by atoms with Gasteiger partial charge in [0.15, 0.2) is 5.21 Å². The van der Waals surface area contributed by atoms with Crippen LogP contribution in [0.1, 0.15) is 0 Å². The standard InChI is InChI=1S/C19H12IN5O2.ClH/c20-15-11-12-16(18(25(26)27)17(15)13-7-3-1-4-8-13)24-19(21-22-23-24)14-9-5-2-6-10-14;/h1-12H;1H. The zero-order chi connectivity index (χ0) is 18.8. The van der Waals surface area contributed by atoms with Crippen LogP contribution in [0.2, 0.25) is 0 Å². The Hall–Kier alpha value is -2.85. The van der Waals surface area contributed by atoms with Crippen LogP contribution in [-0.2, 0) is 0 Å². The molecule has 0 aliphatic carbocycles. The number of hydrogen-bond donors (Lipinski definition) is 1. The van der Waals surface area contributed by atoms with E-state index in [4.69, 9.17) is 0 Å². The Bertz CT molecular complexity index is 1120. The highest BCUT2D eigenvalue weighted by Gasteiger charge is 2.30. The van der Waals surface area contributed by atoms with Crippen LogP contribution in [0.3, 0.4) is 0 Å². The molecule has 0 aliphatic heterocycles. The lowest BCUT2D eigenvalue weighted by molar-refractivity contribution is -0.653. The van der Waals surface area contributed by atoms with Crippen LogP contribution in [0.5, 0.6) is 0 Å². The number of nitrogens with one attached hydrogen (secondary N) is 1. The number of H-pyrrole nitrogens is 1. The molecule has 4 aromatic rings. The highest BCUT2D eigenvalue weighted by molar-refractivity contribution is 14.1. The lowest BCUT2D eigenvalue weighted by Crippen LogP contribution is -3.00. The SMILES string of the molecule is O=[N+]([O-])c1c(-[n+]2[nH]nnc2-c2ccccc2)ccc(I)c1-c1ccccc1.[Cl-]. The van der Waals surface area contributed by atoms with Crippen LogP contribution in [0.4, 0.5) is 5.69 Å². The van der Waals surface area contributed by atoms with Gasteiger partial charge in [0, 0.05) is 3.57 Å². The van der Waals surface area contributed by atoms with Crippen LogP contribution in [0.25, 0.3) is 28.2 Å². The molecule has 1 N–H and O–H groups in total. The fourth-order valence-corrected chi connectivity index (χ4v) is 3.70.